The Balaban J connectivity index is 0.000000248. The molecule has 0 unspecified atom stereocenters. The highest BCUT2D eigenvalue weighted by Crippen LogP contribution is 2.34. The van der Waals surface area contributed by atoms with Gasteiger partial charge in [-0.3, -0.25) is 0 Å². The van der Waals surface area contributed by atoms with Crippen LogP contribution in [0.4, 0.5) is 19.0 Å². The Morgan fingerprint density at radius 2 is 1.53 bits per heavy atom. The highest BCUT2D eigenvalue weighted by molar-refractivity contribution is 5.94. The number of methoxy groups -OCH3 is 2. The summed E-state index contributed by atoms with van der Waals surface area (Å²) >= 11 is 0. The summed E-state index contributed by atoms with van der Waals surface area (Å²) < 4.78 is 47.7. The van der Waals surface area contributed by atoms with Crippen molar-refractivity contribution in [2.45, 2.75) is 37.6 Å². The molecule has 2 aromatic rings. The fourth-order valence-corrected chi connectivity index (χ4v) is 2.82. The number of rotatable bonds is 4. The van der Waals surface area contributed by atoms with Gasteiger partial charge in [-0.05, 0) is 37.1 Å². The monoisotopic (exact) mass is 425 g/mol. The normalized spacial score (nSPS) is 15.4. The molecule has 0 spiro atoms. The zero-order valence-electron chi connectivity index (χ0n) is 16.5. The minimum absolute atomic E-state index is 0.0852. The molecular weight excluding hydrogens is 403 g/mol. The minimum atomic E-state index is -2.56. The predicted molar refractivity (Wildman–Crippen MR) is 102 cm³/mol. The number of ether oxygens (including phenoxy) is 2. The van der Waals surface area contributed by atoms with E-state index in [1.807, 2.05) is 0 Å². The molecule has 0 radical (unpaired) electrons. The molecular formula is C20H22F3N3O4. The van der Waals surface area contributed by atoms with Crippen LogP contribution in [0.3, 0.4) is 0 Å². The van der Waals surface area contributed by atoms with Crippen LogP contribution in [0.1, 0.15) is 46.4 Å². The first-order chi connectivity index (χ1) is 14.3. The quantitative estimate of drug-likeness (QED) is 0.588. The van der Waals surface area contributed by atoms with Crippen molar-refractivity contribution in [2.24, 2.45) is 0 Å². The molecule has 7 nitrogen and oxygen atoms in total. The Labute approximate surface area is 171 Å². The van der Waals surface area contributed by atoms with E-state index in [2.05, 4.69) is 24.8 Å². The smallest absolute Gasteiger partial charge is 0.342 e. The molecule has 0 amide bonds. The molecule has 10 heteroatoms. The summed E-state index contributed by atoms with van der Waals surface area (Å²) in [6.45, 7) is 0. The van der Waals surface area contributed by atoms with Crippen LogP contribution >= 0.6 is 0 Å². The summed E-state index contributed by atoms with van der Waals surface area (Å²) in [5, 5.41) is 3.06. The first-order valence-electron chi connectivity index (χ1n) is 9.14. The molecule has 3 rings (SSSR count). The van der Waals surface area contributed by atoms with Crippen molar-refractivity contribution >= 4 is 17.8 Å². The average Bonchev–Trinajstić information content (AvgIpc) is 2.75. The zero-order chi connectivity index (χ0) is 22.1. The van der Waals surface area contributed by atoms with Crippen LogP contribution in [0.25, 0.3) is 0 Å². The molecule has 2 heterocycles. The maximum absolute atomic E-state index is 13.1. The maximum atomic E-state index is 13.1. The third-order valence-corrected chi connectivity index (χ3v) is 4.44. The van der Waals surface area contributed by atoms with Gasteiger partial charge in [0, 0.05) is 31.3 Å². The van der Waals surface area contributed by atoms with E-state index in [4.69, 9.17) is 0 Å². The molecule has 1 fully saturated rings. The summed E-state index contributed by atoms with van der Waals surface area (Å²) in [6, 6.07) is 5.92. The van der Waals surface area contributed by atoms with Crippen molar-refractivity contribution in [1.29, 1.82) is 0 Å². The van der Waals surface area contributed by atoms with Gasteiger partial charge in [0.1, 0.15) is 16.9 Å². The Kier molecular flexibility index (Phi) is 8.14. The van der Waals surface area contributed by atoms with Gasteiger partial charge in [0.15, 0.2) is 0 Å². The van der Waals surface area contributed by atoms with Crippen LogP contribution in [0, 0.1) is 5.95 Å². The van der Waals surface area contributed by atoms with Gasteiger partial charge in [-0.1, -0.05) is 0 Å². The summed E-state index contributed by atoms with van der Waals surface area (Å²) in [5.74, 6) is -4.18. The molecule has 1 N–H and O–H groups in total. The van der Waals surface area contributed by atoms with Gasteiger partial charge in [-0.2, -0.15) is 4.39 Å². The lowest BCUT2D eigenvalue weighted by Gasteiger charge is -2.29. The molecule has 30 heavy (non-hydrogen) atoms. The number of aromatic nitrogens is 2. The fraction of sp³-hybridized carbons (Fsp3) is 0.400. The van der Waals surface area contributed by atoms with Crippen LogP contribution in [0.2, 0.25) is 0 Å². The molecule has 0 aromatic carbocycles. The third kappa shape index (κ3) is 6.43. The van der Waals surface area contributed by atoms with E-state index in [-0.39, 0.29) is 24.4 Å². The van der Waals surface area contributed by atoms with E-state index in [9.17, 15) is 22.8 Å². The number of carbonyl (C=O) groups excluding carboxylic acids is 2. The second-order valence-corrected chi connectivity index (χ2v) is 6.50. The Hall–Kier alpha value is -3.17. The molecule has 1 aliphatic rings. The number of nitrogens with one attached hydrogen (secondary N) is 1. The molecule has 0 saturated heterocycles. The van der Waals surface area contributed by atoms with E-state index < -0.39 is 23.8 Å². The minimum Gasteiger partial charge on any atom is -0.465 e. The number of nitrogens with zero attached hydrogens (tertiary/aromatic N) is 2. The zero-order valence-corrected chi connectivity index (χ0v) is 16.5. The standard InChI is InChI=1S/C13H16F2N2O2.C7H6FNO2/c1-19-12(18)10-3-2-8-16-11(10)17-9-4-6-13(14,15)7-5-9;1-11-7(10)5-3-2-4-9-6(5)8/h2-3,8-9H,4-7H2,1H3,(H,16,17);2-4H,1H3. The van der Waals surface area contributed by atoms with Crippen molar-refractivity contribution in [2.75, 3.05) is 19.5 Å². The SMILES string of the molecule is COC(=O)c1cccnc1F.COC(=O)c1cccnc1NC1CCC(F)(F)CC1. The van der Waals surface area contributed by atoms with Gasteiger partial charge in [-0.25, -0.2) is 28.3 Å². The van der Waals surface area contributed by atoms with E-state index in [0.29, 0.717) is 24.2 Å². The number of esters is 2. The molecule has 1 aliphatic carbocycles. The van der Waals surface area contributed by atoms with Gasteiger partial charge in [0.2, 0.25) is 11.9 Å². The predicted octanol–water partition coefficient (Wildman–Crippen LogP) is 3.87. The second kappa shape index (κ2) is 10.6. The number of hydrogen-bond acceptors (Lipinski definition) is 7. The summed E-state index contributed by atoms with van der Waals surface area (Å²) in [7, 11) is 2.48. The van der Waals surface area contributed by atoms with E-state index in [1.165, 1.54) is 32.5 Å². The highest BCUT2D eigenvalue weighted by atomic mass is 19.3. The van der Waals surface area contributed by atoms with Crippen molar-refractivity contribution in [3.8, 4) is 0 Å². The summed E-state index contributed by atoms with van der Waals surface area (Å²) in [6.07, 6.45) is 3.28. The van der Waals surface area contributed by atoms with Crippen molar-refractivity contribution < 1.29 is 32.2 Å². The summed E-state index contributed by atoms with van der Waals surface area (Å²) in [5.41, 5.74) is 0.178. The van der Waals surface area contributed by atoms with Crippen molar-refractivity contribution in [3.63, 3.8) is 0 Å². The fourth-order valence-electron chi connectivity index (χ4n) is 2.82. The Bertz CT molecular complexity index is 870. The van der Waals surface area contributed by atoms with Crippen LogP contribution in [0.5, 0.6) is 0 Å². The topological polar surface area (TPSA) is 90.4 Å². The largest absolute Gasteiger partial charge is 0.465 e. The first-order valence-corrected chi connectivity index (χ1v) is 9.14. The maximum Gasteiger partial charge on any atom is 0.342 e. The number of pyridine rings is 2. The van der Waals surface area contributed by atoms with Crippen LogP contribution < -0.4 is 5.32 Å². The van der Waals surface area contributed by atoms with Gasteiger partial charge in [0.25, 0.3) is 0 Å². The summed E-state index contributed by atoms with van der Waals surface area (Å²) in [4.78, 5) is 29.6. The van der Waals surface area contributed by atoms with Crippen LogP contribution in [-0.4, -0.2) is 48.1 Å². The third-order valence-electron chi connectivity index (χ3n) is 4.44. The van der Waals surface area contributed by atoms with Gasteiger partial charge >= 0.3 is 11.9 Å². The number of hydrogen-bond donors (Lipinski definition) is 1. The number of alkyl halides is 2. The molecule has 2 aromatic heterocycles. The van der Waals surface area contributed by atoms with Gasteiger partial charge < -0.3 is 14.8 Å². The van der Waals surface area contributed by atoms with E-state index in [0.717, 1.165) is 0 Å². The molecule has 1 saturated carbocycles. The Morgan fingerprint density at radius 1 is 1.00 bits per heavy atom. The average molecular weight is 425 g/mol. The van der Waals surface area contributed by atoms with Crippen LogP contribution in [0.15, 0.2) is 36.7 Å². The molecule has 0 atom stereocenters. The number of anilines is 1. The van der Waals surface area contributed by atoms with E-state index >= 15 is 0 Å². The lowest BCUT2D eigenvalue weighted by molar-refractivity contribution is -0.0361. The van der Waals surface area contributed by atoms with E-state index in [1.54, 1.807) is 18.3 Å². The molecule has 0 bridgehead atoms. The second-order valence-electron chi connectivity index (χ2n) is 6.50. The van der Waals surface area contributed by atoms with Crippen molar-refractivity contribution in [1.82, 2.24) is 9.97 Å². The van der Waals surface area contributed by atoms with Crippen molar-refractivity contribution in [3.05, 3.63) is 53.7 Å². The number of halogens is 3. The first kappa shape index (κ1) is 23.1. The lowest BCUT2D eigenvalue weighted by atomic mass is 9.92. The van der Waals surface area contributed by atoms with Gasteiger partial charge in [0.05, 0.1) is 14.2 Å². The van der Waals surface area contributed by atoms with Gasteiger partial charge in [-0.15, -0.1) is 0 Å². The number of carbonyl (C=O) groups is 2. The molecule has 162 valence electrons. The lowest BCUT2D eigenvalue weighted by Crippen LogP contribution is -2.32. The molecule has 0 aliphatic heterocycles. The highest BCUT2D eigenvalue weighted by Gasteiger charge is 2.35. The van der Waals surface area contributed by atoms with Crippen LogP contribution in [-0.2, 0) is 9.47 Å². The Morgan fingerprint density at radius 3 is 2.10 bits per heavy atom.